The normalized spacial score (nSPS) is 15.9. The number of amides is 1. The molecular weight excluding hydrogens is 458 g/mol. The van der Waals surface area contributed by atoms with Gasteiger partial charge in [0, 0.05) is 25.2 Å². The van der Waals surface area contributed by atoms with E-state index in [2.05, 4.69) is 4.99 Å². The molecule has 1 heterocycles. The SMILES string of the molecule is CCn1c(=NC(=O)c2ccc(S(=O)(=O)N(C)C3CCCCC3)cc2)sc2cccc(OC)c21. The zero-order valence-corrected chi connectivity index (χ0v) is 20.8. The number of sulfonamides is 1. The molecule has 1 amide bonds. The molecule has 4 rings (SSSR count). The topological polar surface area (TPSA) is 81.0 Å². The second-order valence-electron chi connectivity index (χ2n) is 8.19. The van der Waals surface area contributed by atoms with Crippen LogP contribution in [-0.2, 0) is 16.6 Å². The van der Waals surface area contributed by atoms with Crippen LogP contribution >= 0.6 is 11.3 Å². The highest BCUT2D eigenvalue weighted by Gasteiger charge is 2.29. The van der Waals surface area contributed by atoms with Crippen LogP contribution in [0.4, 0.5) is 0 Å². The first-order chi connectivity index (χ1) is 15.9. The molecule has 7 nitrogen and oxygen atoms in total. The van der Waals surface area contributed by atoms with Gasteiger partial charge in [0.05, 0.1) is 16.7 Å². The quantitative estimate of drug-likeness (QED) is 0.515. The minimum atomic E-state index is -3.60. The smallest absolute Gasteiger partial charge is 0.279 e. The fourth-order valence-electron chi connectivity index (χ4n) is 4.37. The lowest BCUT2D eigenvalue weighted by atomic mass is 9.96. The summed E-state index contributed by atoms with van der Waals surface area (Å²) in [5.41, 5.74) is 1.26. The molecule has 33 heavy (non-hydrogen) atoms. The molecule has 9 heteroatoms. The van der Waals surface area contributed by atoms with Gasteiger partial charge in [-0.25, -0.2) is 8.42 Å². The highest BCUT2D eigenvalue weighted by Crippen LogP contribution is 2.28. The van der Waals surface area contributed by atoms with Gasteiger partial charge in [-0.3, -0.25) is 4.79 Å². The maximum absolute atomic E-state index is 13.1. The number of aryl methyl sites for hydroxylation is 1. The van der Waals surface area contributed by atoms with Crippen molar-refractivity contribution >= 4 is 37.5 Å². The second kappa shape index (κ2) is 9.79. The molecule has 0 spiro atoms. The van der Waals surface area contributed by atoms with Crippen molar-refractivity contribution in [1.29, 1.82) is 0 Å². The summed E-state index contributed by atoms with van der Waals surface area (Å²) in [5.74, 6) is 0.323. The summed E-state index contributed by atoms with van der Waals surface area (Å²) in [4.78, 5) is 18.0. The molecular formula is C24H29N3O4S2. The Labute approximate surface area is 198 Å². The lowest BCUT2D eigenvalue weighted by Crippen LogP contribution is -2.38. The number of nitrogens with zero attached hydrogens (tertiary/aromatic N) is 3. The zero-order valence-electron chi connectivity index (χ0n) is 19.2. The fraction of sp³-hybridized carbons (Fsp3) is 0.417. The number of aromatic nitrogens is 1. The lowest BCUT2D eigenvalue weighted by molar-refractivity contribution is 0.0997. The van der Waals surface area contributed by atoms with Crippen LogP contribution in [0.25, 0.3) is 10.2 Å². The molecule has 1 fully saturated rings. The van der Waals surface area contributed by atoms with Crippen molar-refractivity contribution in [2.24, 2.45) is 4.99 Å². The van der Waals surface area contributed by atoms with Gasteiger partial charge < -0.3 is 9.30 Å². The Morgan fingerprint density at radius 2 is 1.85 bits per heavy atom. The standard InChI is InChI=1S/C24H29N3O4S2/c1-4-27-22-20(31-3)11-8-12-21(22)32-24(27)25-23(28)17-13-15-19(16-14-17)33(29,30)26(2)18-9-6-5-7-10-18/h8,11-16,18H,4-7,9-10H2,1-3H3. The van der Waals surface area contributed by atoms with Crippen LogP contribution in [0.15, 0.2) is 52.4 Å². The number of ether oxygens (including phenoxy) is 1. The van der Waals surface area contributed by atoms with E-state index in [-0.39, 0.29) is 10.9 Å². The number of carbonyl (C=O) groups is 1. The summed E-state index contributed by atoms with van der Waals surface area (Å²) >= 11 is 1.42. The largest absolute Gasteiger partial charge is 0.495 e. The van der Waals surface area contributed by atoms with Gasteiger partial charge in [-0.2, -0.15) is 9.30 Å². The molecule has 176 valence electrons. The molecule has 0 saturated heterocycles. The molecule has 0 unspecified atom stereocenters. The first kappa shape index (κ1) is 23.7. The van der Waals surface area contributed by atoms with E-state index in [0.717, 1.165) is 48.1 Å². The van der Waals surface area contributed by atoms with Gasteiger partial charge in [0.1, 0.15) is 11.3 Å². The van der Waals surface area contributed by atoms with Crippen molar-refractivity contribution in [2.45, 2.75) is 56.5 Å². The predicted molar refractivity (Wildman–Crippen MR) is 130 cm³/mol. The van der Waals surface area contributed by atoms with Gasteiger partial charge in [-0.1, -0.05) is 36.7 Å². The number of carbonyl (C=O) groups excluding carboxylic acids is 1. The second-order valence-corrected chi connectivity index (χ2v) is 11.2. The number of thiazole rings is 1. The Hall–Kier alpha value is -2.49. The average molecular weight is 488 g/mol. The van der Waals surface area contributed by atoms with E-state index in [1.54, 1.807) is 14.2 Å². The summed E-state index contributed by atoms with van der Waals surface area (Å²) in [6.45, 7) is 2.63. The Bertz CT molecular complexity index is 1320. The number of hydrogen-bond acceptors (Lipinski definition) is 5. The van der Waals surface area contributed by atoms with Crippen LogP contribution in [0.5, 0.6) is 5.75 Å². The Kier molecular flexibility index (Phi) is 7.02. The molecule has 0 radical (unpaired) electrons. The number of hydrogen-bond donors (Lipinski definition) is 0. The van der Waals surface area contributed by atoms with Crippen molar-refractivity contribution < 1.29 is 17.9 Å². The molecule has 0 bridgehead atoms. The molecule has 1 saturated carbocycles. The molecule has 0 N–H and O–H groups in total. The highest BCUT2D eigenvalue weighted by atomic mass is 32.2. The summed E-state index contributed by atoms with van der Waals surface area (Å²) < 4.78 is 36.0. The van der Waals surface area contributed by atoms with Crippen molar-refractivity contribution in [1.82, 2.24) is 8.87 Å². The maximum Gasteiger partial charge on any atom is 0.279 e. The molecule has 3 aromatic rings. The van der Waals surface area contributed by atoms with E-state index in [1.165, 1.54) is 39.9 Å². The van der Waals surface area contributed by atoms with Crippen LogP contribution in [0.3, 0.4) is 0 Å². The minimum Gasteiger partial charge on any atom is -0.495 e. The van der Waals surface area contributed by atoms with Crippen molar-refractivity contribution in [3.8, 4) is 5.75 Å². The third-order valence-corrected chi connectivity index (χ3v) is 9.23. The van der Waals surface area contributed by atoms with Gasteiger partial charge in [0.25, 0.3) is 5.91 Å². The summed E-state index contributed by atoms with van der Waals surface area (Å²) in [6.07, 6.45) is 5.06. The number of para-hydroxylation sites is 1. The first-order valence-electron chi connectivity index (χ1n) is 11.2. The Balaban J connectivity index is 1.62. The molecule has 1 aliphatic carbocycles. The van der Waals surface area contributed by atoms with E-state index in [0.29, 0.717) is 16.9 Å². The van der Waals surface area contributed by atoms with E-state index >= 15 is 0 Å². The summed E-state index contributed by atoms with van der Waals surface area (Å²) in [6, 6.07) is 11.9. The summed E-state index contributed by atoms with van der Waals surface area (Å²) in [7, 11) is -0.328. The number of rotatable bonds is 6. The third-order valence-electron chi connectivity index (χ3n) is 6.26. The fourth-order valence-corrected chi connectivity index (χ4v) is 6.89. The number of methoxy groups -OCH3 is 1. The third kappa shape index (κ3) is 4.62. The molecule has 0 aliphatic heterocycles. The van der Waals surface area contributed by atoms with Crippen molar-refractivity contribution in [2.75, 3.05) is 14.2 Å². The zero-order chi connectivity index (χ0) is 23.6. The summed E-state index contributed by atoms with van der Waals surface area (Å²) in [5, 5.41) is 0. The van der Waals surface area contributed by atoms with Gasteiger partial charge in [0.15, 0.2) is 4.80 Å². The first-order valence-corrected chi connectivity index (χ1v) is 13.5. The molecule has 2 aromatic carbocycles. The van der Waals surface area contributed by atoms with E-state index in [4.69, 9.17) is 4.74 Å². The van der Waals surface area contributed by atoms with Crippen LogP contribution in [0, 0.1) is 0 Å². The highest BCUT2D eigenvalue weighted by molar-refractivity contribution is 7.89. The van der Waals surface area contributed by atoms with Crippen LogP contribution in [-0.4, -0.2) is 43.4 Å². The Morgan fingerprint density at radius 3 is 2.48 bits per heavy atom. The Morgan fingerprint density at radius 1 is 1.15 bits per heavy atom. The van der Waals surface area contributed by atoms with E-state index in [1.807, 2.05) is 29.7 Å². The number of fused-ring (bicyclic) bond motifs is 1. The predicted octanol–water partition coefficient (Wildman–Crippen LogP) is 4.43. The van der Waals surface area contributed by atoms with Gasteiger partial charge in [-0.15, -0.1) is 0 Å². The molecule has 1 aromatic heterocycles. The van der Waals surface area contributed by atoms with E-state index in [9.17, 15) is 13.2 Å². The van der Waals surface area contributed by atoms with Crippen molar-refractivity contribution in [3.05, 3.63) is 52.8 Å². The van der Waals surface area contributed by atoms with Gasteiger partial charge in [0.2, 0.25) is 10.0 Å². The minimum absolute atomic E-state index is 0.0366. The van der Waals surface area contributed by atoms with Gasteiger partial charge >= 0.3 is 0 Å². The van der Waals surface area contributed by atoms with Crippen LogP contribution in [0.1, 0.15) is 49.4 Å². The van der Waals surface area contributed by atoms with Crippen LogP contribution < -0.4 is 9.54 Å². The van der Waals surface area contributed by atoms with E-state index < -0.39 is 15.9 Å². The maximum atomic E-state index is 13.1. The number of benzene rings is 2. The average Bonchev–Trinajstić information content (AvgIpc) is 3.21. The van der Waals surface area contributed by atoms with Gasteiger partial charge in [-0.05, 0) is 56.2 Å². The van der Waals surface area contributed by atoms with Crippen molar-refractivity contribution in [3.63, 3.8) is 0 Å². The lowest BCUT2D eigenvalue weighted by Gasteiger charge is -2.30. The molecule has 1 aliphatic rings. The monoisotopic (exact) mass is 487 g/mol. The van der Waals surface area contributed by atoms with Crippen LogP contribution in [0.2, 0.25) is 0 Å². The molecule has 0 atom stereocenters.